The highest BCUT2D eigenvalue weighted by molar-refractivity contribution is 5.67. The van der Waals surface area contributed by atoms with Crippen molar-refractivity contribution >= 4 is 5.69 Å². The van der Waals surface area contributed by atoms with E-state index >= 15 is 0 Å². The summed E-state index contributed by atoms with van der Waals surface area (Å²) in [6.07, 6.45) is 2.35. The monoisotopic (exact) mass is 248 g/mol. The van der Waals surface area contributed by atoms with Gasteiger partial charge < -0.3 is 15.4 Å². The fourth-order valence-electron chi connectivity index (χ4n) is 2.66. The average molecular weight is 248 g/mol. The molecule has 0 spiro atoms. The van der Waals surface area contributed by atoms with Gasteiger partial charge in [-0.1, -0.05) is 6.07 Å². The van der Waals surface area contributed by atoms with E-state index in [1.807, 2.05) is 0 Å². The maximum Gasteiger partial charge on any atom is 0.145 e. The summed E-state index contributed by atoms with van der Waals surface area (Å²) in [6.45, 7) is 8.62. The van der Waals surface area contributed by atoms with E-state index in [0.717, 1.165) is 18.8 Å². The SMILES string of the molecule is COc1c(C)c(C)cc(C)c1NC1CCNCC1. The minimum Gasteiger partial charge on any atom is -0.494 e. The quantitative estimate of drug-likeness (QED) is 0.863. The number of methoxy groups -OCH3 is 1. The molecule has 0 saturated carbocycles. The summed E-state index contributed by atoms with van der Waals surface area (Å²) in [5, 5.41) is 7.06. The fourth-order valence-corrected chi connectivity index (χ4v) is 2.66. The van der Waals surface area contributed by atoms with E-state index in [1.54, 1.807) is 7.11 Å². The van der Waals surface area contributed by atoms with Crippen LogP contribution >= 0.6 is 0 Å². The Morgan fingerprint density at radius 3 is 2.44 bits per heavy atom. The second-order valence-electron chi connectivity index (χ2n) is 5.21. The molecule has 1 heterocycles. The fraction of sp³-hybridized carbons (Fsp3) is 0.600. The molecule has 3 heteroatoms. The molecular weight excluding hydrogens is 224 g/mol. The molecule has 1 aliphatic heterocycles. The minimum atomic E-state index is 0.556. The van der Waals surface area contributed by atoms with Crippen molar-refractivity contribution in [2.45, 2.75) is 39.7 Å². The van der Waals surface area contributed by atoms with Crippen molar-refractivity contribution in [1.29, 1.82) is 0 Å². The van der Waals surface area contributed by atoms with Crippen LogP contribution in [-0.2, 0) is 0 Å². The molecule has 2 rings (SSSR count). The van der Waals surface area contributed by atoms with Crippen LogP contribution in [0.4, 0.5) is 5.69 Å². The van der Waals surface area contributed by atoms with Gasteiger partial charge in [0.2, 0.25) is 0 Å². The zero-order chi connectivity index (χ0) is 13.1. The van der Waals surface area contributed by atoms with Gasteiger partial charge in [-0.3, -0.25) is 0 Å². The zero-order valence-corrected chi connectivity index (χ0v) is 11.9. The summed E-state index contributed by atoms with van der Waals surface area (Å²) in [5.41, 5.74) is 4.97. The predicted octanol–water partition coefficient (Wildman–Crippen LogP) is 2.78. The van der Waals surface area contributed by atoms with Gasteiger partial charge in [-0.2, -0.15) is 0 Å². The smallest absolute Gasteiger partial charge is 0.145 e. The number of hydrogen-bond acceptors (Lipinski definition) is 3. The van der Waals surface area contributed by atoms with Gasteiger partial charge >= 0.3 is 0 Å². The lowest BCUT2D eigenvalue weighted by Crippen LogP contribution is -2.35. The topological polar surface area (TPSA) is 33.3 Å². The van der Waals surface area contributed by atoms with Crippen molar-refractivity contribution in [1.82, 2.24) is 5.32 Å². The van der Waals surface area contributed by atoms with E-state index in [0.29, 0.717) is 6.04 Å². The van der Waals surface area contributed by atoms with Gasteiger partial charge in [0, 0.05) is 6.04 Å². The lowest BCUT2D eigenvalue weighted by molar-refractivity contribution is 0.410. The largest absolute Gasteiger partial charge is 0.494 e. The molecule has 0 unspecified atom stereocenters. The molecular formula is C15H24N2O. The number of nitrogens with one attached hydrogen (secondary N) is 2. The van der Waals surface area contributed by atoms with Crippen LogP contribution in [0.5, 0.6) is 5.75 Å². The van der Waals surface area contributed by atoms with Gasteiger partial charge in [0.05, 0.1) is 12.8 Å². The second-order valence-corrected chi connectivity index (χ2v) is 5.21. The molecule has 0 amide bonds. The number of rotatable bonds is 3. The maximum atomic E-state index is 5.60. The molecule has 1 aromatic carbocycles. The number of piperidine rings is 1. The van der Waals surface area contributed by atoms with E-state index in [9.17, 15) is 0 Å². The van der Waals surface area contributed by atoms with Crippen molar-refractivity contribution in [3.05, 3.63) is 22.8 Å². The third-order valence-electron chi connectivity index (χ3n) is 3.88. The number of benzene rings is 1. The van der Waals surface area contributed by atoms with E-state index in [4.69, 9.17) is 4.74 Å². The molecule has 0 atom stereocenters. The highest BCUT2D eigenvalue weighted by Gasteiger charge is 2.18. The van der Waals surface area contributed by atoms with Gasteiger partial charge in [-0.25, -0.2) is 0 Å². The Bertz CT molecular complexity index is 423. The van der Waals surface area contributed by atoms with Gasteiger partial charge in [0.25, 0.3) is 0 Å². The molecule has 1 aromatic rings. The molecule has 2 N–H and O–H groups in total. The van der Waals surface area contributed by atoms with E-state index in [-0.39, 0.29) is 0 Å². The van der Waals surface area contributed by atoms with Crippen LogP contribution in [0.2, 0.25) is 0 Å². The molecule has 1 fully saturated rings. The van der Waals surface area contributed by atoms with Gasteiger partial charge in [0.15, 0.2) is 0 Å². The second kappa shape index (κ2) is 5.61. The van der Waals surface area contributed by atoms with Crippen LogP contribution in [0.3, 0.4) is 0 Å². The summed E-state index contributed by atoms with van der Waals surface area (Å²) >= 11 is 0. The zero-order valence-electron chi connectivity index (χ0n) is 11.9. The Hall–Kier alpha value is -1.22. The highest BCUT2D eigenvalue weighted by atomic mass is 16.5. The van der Waals surface area contributed by atoms with Gasteiger partial charge in [-0.05, 0) is 63.4 Å². The lowest BCUT2D eigenvalue weighted by atomic mass is 10.0. The normalized spacial score (nSPS) is 16.7. The molecule has 1 saturated heterocycles. The van der Waals surface area contributed by atoms with Crippen LogP contribution < -0.4 is 15.4 Å². The Labute approximate surface area is 110 Å². The molecule has 1 aliphatic rings. The van der Waals surface area contributed by atoms with Gasteiger partial charge in [0.1, 0.15) is 5.75 Å². The Morgan fingerprint density at radius 1 is 1.17 bits per heavy atom. The van der Waals surface area contributed by atoms with Crippen molar-refractivity contribution < 1.29 is 4.74 Å². The molecule has 0 aromatic heterocycles. The summed E-state index contributed by atoms with van der Waals surface area (Å²) < 4.78 is 5.60. The first kappa shape index (κ1) is 13.2. The summed E-state index contributed by atoms with van der Waals surface area (Å²) in [4.78, 5) is 0. The molecule has 0 bridgehead atoms. The van der Waals surface area contributed by atoms with E-state index in [2.05, 4.69) is 37.5 Å². The third kappa shape index (κ3) is 2.61. The first-order valence-electron chi connectivity index (χ1n) is 6.75. The standard InChI is InChI=1S/C15H24N2O/c1-10-9-11(2)14(15(18-4)12(10)3)17-13-5-7-16-8-6-13/h9,13,16-17H,5-8H2,1-4H3. The van der Waals surface area contributed by atoms with Crippen LogP contribution in [0.1, 0.15) is 29.5 Å². The third-order valence-corrected chi connectivity index (χ3v) is 3.88. The van der Waals surface area contributed by atoms with Gasteiger partial charge in [-0.15, -0.1) is 0 Å². The number of ether oxygens (including phenoxy) is 1. The highest BCUT2D eigenvalue weighted by Crippen LogP contribution is 2.35. The van der Waals surface area contributed by atoms with Crippen molar-refractivity contribution in [2.75, 3.05) is 25.5 Å². The van der Waals surface area contributed by atoms with Crippen molar-refractivity contribution in [2.24, 2.45) is 0 Å². The Kier molecular flexibility index (Phi) is 4.12. The maximum absolute atomic E-state index is 5.60. The first-order chi connectivity index (χ1) is 8.63. The molecule has 100 valence electrons. The predicted molar refractivity (Wildman–Crippen MR) is 76.7 cm³/mol. The molecule has 18 heavy (non-hydrogen) atoms. The van der Waals surface area contributed by atoms with E-state index in [1.165, 1.54) is 35.2 Å². The van der Waals surface area contributed by atoms with Crippen molar-refractivity contribution in [3.8, 4) is 5.75 Å². The first-order valence-corrected chi connectivity index (χ1v) is 6.75. The van der Waals surface area contributed by atoms with Crippen molar-refractivity contribution in [3.63, 3.8) is 0 Å². The van der Waals surface area contributed by atoms with E-state index < -0.39 is 0 Å². The Balaban J connectivity index is 2.28. The number of aryl methyl sites for hydroxylation is 2. The summed E-state index contributed by atoms with van der Waals surface area (Å²) in [5.74, 6) is 1.01. The summed E-state index contributed by atoms with van der Waals surface area (Å²) in [7, 11) is 1.76. The average Bonchev–Trinajstić information content (AvgIpc) is 2.37. The van der Waals surface area contributed by atoms with Crippen LogP contribution in [0.15, 0.2) is 6.07 Å². The van der Waals surface area contributed by atoms with Crippen LogP contribution in [-0.4, -0.2) is 26.2 Å². The molecule has 0 radical (unpaired) electrons. The lowest BCUT2D eigenvalue weighted by Gasteiger charge is -2.27. The molecule has 3 nitrogen and oxygen atoms in total. The summed E-state index contributed by atoms with van der Waals surface area (Å²) in [6, 6.07) is 2.79. The number of hydrogen-bond donors (Lipinski definition) is 2. The minimum absolute atomic E-state index is 0.556. The number of anilines is 1. The Morgan fingerprint density at radius 2 is 1.83 bits per heavy atom. The van der Waals surface area contributed by atoms with Crippen LogP contribution in [0.25, 0.3) is 0 Å². The van der Waals surface area contributed by atoms with Crippen LogP contribution in [0, 0.1) is 20.8 Å². The molecule has 0 aliphatic carbocycles.